The first kappa shape index (κ1) is 28.4. The molecule has 0 aromatic rings. The summed E-state index contributed by atoms with van der Waals surface area (Å²) in [5.74, 6) is 2.05. The first-order valence-corrected chi connectivity index (χ1v) is 7.12. The topological polar surface area (TPSA) is 17.1 Å². The van der Waals surface area contributed by atoms with E-state index in [1.54, 1.807) is 18.6 Å². The number of hydrogen-bond donors (Lipinski definition) is 0. The Labute approximate surface area is 136 Å². The van der Waals surface area contributed by atoms with Gasteiger partial charge in [0.05, 0.1) is 0 Å². The van der Waals surface area contributed by atoms with Gasteiger partial charge in [-0.3, -0.25) is 4.79 Å². The molecule has 2 heteroatoms. The quantitative estimate of drug-likeness (QED) is 0.437. The number of hydrogen-bond acceptors (Lipinski definition) is 1. The smallest absolute Gasteiger partial charge is 0.152 e. The summed E-state index contributed by atoms with van der Waals surface area (Å²) in [5, 5.41) is 0. The zero-order valence-corrected chi connectivity index (χ0v) is 12.1. The van der Waals surface area contributed by atoms with Crippen LogP contribution in [0.25, 0.3) is 0 Å². The first-order valence-electron chi connectivity index (χ1n) is 7.12. The van der Waals surface area contributed by atoms with Crippen molar-refractivity contribution in [3.8, 4) is 0 Å². The van der Waals surface area contributed by atoms with Crippen LogP contribution in [0.1, 0.15) is 81.6 Å². The van der Waals surface area contributed by atoms with Gasteiger partial charge in [0.2, 0.25) is 0 Å². The van der Waals surface area contributed by atoms with Crippen LogP contribution in [0.2, 0.25) is 0 Å². The van der Waals surface area contributed by atoms with Gasteiger partial charge < -0.3 is 0 Å². The summed E-state index contributed by atoms with van der Waals surface area (Å²) >= 11 is 0. The highest BCUT2D eigenvalue weighted by Gasteiger charge is 2.31. The molecule has 0 N–H and O–H groups in total. The van der Waals surface area contributed by atoms with Crippen molar-refractivity contribution in [2.24, 2.45) is 11.8 Å². The summed E-state index contributed by atoms with van der Waals surface area (Å²) in [6.07, 6.45) is 14.0. The molecule has 123 valence electrons. The zero-order valence-electron chi connectivity index (χ0n) is 12.1. The van der Waals surface area contributed by atoms with E-state index in [9.17, 15) is 4.79 Å². The van der Waals surface area contributed by atoms with Gasteiger partial charge in [0.15, 0.2) is 5.78 Å². The van der Waals surface area contributed by atoms with Gasteiger partial charge in [0.1, 0.15) is 0 Å². The summed E-state index contributed by atoms with van der Waals surface area (Å²) in [6.45, 7) is 5.60. The van der Waals surface area contributed by atoms with Crippen LogP contribution >= 0.6 is 0 Å². The highest BCUT2D eigenvalue weighted by Crippen LogP contribution is 2.44. The van der Waals surface area contributed by atoms with Gasteiger partial charge in [0.25, 0.3) is 0 Å². The maximum Gasteiger partial charge on any atom is 0.152 e. The minimum Gasteiger partial charge on any atom is -0.295 e. The van der Waals surface area contributed by atoms with E-state index in [0.29, 0.717) is 0 Å². The predicted octanol–water partition coefficient (Wildman–Crippen LogP) is 6.21. The molecule has 0 aromatic heterocycles. The SMILES string of the molecule is C.C.C.CC.CC(=O)/C=C/C=C1CC2CCCCC2C1.[B]. The van der Waals surface area contributed by atoms with Crippen molar-refractivity contribution in [3.05, 3.63) is 23.8 Å². The molecule has 2 atom stereocenters. The van der Waals surface area contributed by atoms with Gasteiger partial charge in [-0.15, -0.1) is 0 Å². The fraction of sp³-hybridized carbons (Fsp3) is 0.737. The molecule has 2 saturated carbocycles. The third kappa shape index (κ3) is 9.71. The van der Waals surface area contributed by atoms with Crippen LogP contribution in [0.5, 0.6) is 0 Å². The molecule has 0 aliphatic heterocycles. The Balaban J connectivity index is -0.000000231. The standard InChI is InChI=1S/C14H20O.C2H6.3CH4.B/c1-11(15)5-4-6-12-9-13-7-2-3-8-14(13)10-12;1-2;;;;/h4-6,13-14H,2-3,7-10H2,1H3;1-2H3;3*1H4;/b5-4+,12-6?;;;;;. The molecule has 0 spiro atoms. The average molecular weight is 293 g/mol. The number of ketones is 1. The normalized spacial score (nSPS) is 22.1. The van der Waals surface area contributed by atoms with E-state index >= 15 is 0 Å². The second-order valence-corrected chi connectivity index (χ2v) is 5.01. The van der Waals surface area contributed by atoms with Crippen molar-refractivity contribution in [1.29, 1.82) is 0 Å². The lowest BCUT2D eigenvalue weighted by atomic mass is 9.82. The van der Waals surface area contributed by atoms with E-state index in [1.165, 1.54) is 38.5 Å². The maximum atomic E-state index is 10.8. The van der Waals surface area contributed by atoms with Gasteiger partial charge in [-0.25, -0.2) is 0 Å². The number of rotatable bonds is 2. The second kappa shape index (κ2) is 15.6. The minimum absolute atomic E-state index is 0. The maximum absolute atomic E-state index is 10.8. The zero-order chi connectivity index (χ0) is 12.7. The highest BCUT2D eigenvalue weighted by atomic mass is 16.1. The van der Waals surface area contributed by atoms with Gasteiger partial charge in [0, 0.05) is 8.41 Å². The Hall–Kier alpha value is -0.785. The molecule has 2 aliphatic carbocycles. The van der Waals surface area contributed by atoms with Gasteiger partial charge >= 0.3 is 0 Å². The Morgan fingerprint density at radius 2 is 1.43 bits per heavy atom. The summed E-state index contributed by atoms with van der Waals surface area (Å²) in [7, 11) is 0. The molecule has 21 heavy (non-hydrogen) atoms. The fourth-order valence-electron chi connectivity index (χ4n) is 3.03. The first-order chi connectivity index (χ1) is 8.25. The average Bonchev–Trinajstić information content (AvgIpc) is 2.73. The van der Waals surface area contributed by atoms with E-state index in [0.717, 1.165) is 11.8 Å². The van der Waals surface area contributed by atoms with E-state index in [4.69, 9.17) is 0 Å². The highest BCUT2D eigenvalue weighted by molar-refractivity contribution is 5.87. The van der Waals surface area contributed by atoms with E-state index < -0.39 is 0 Å². The molecule has 2 fully saturated rings. The van der Waals surface area contributed by atoms with Crippen LogP contribution in [-0.4, -0.2) is 14.2 Å². The van der Waals surface area contributed by atoms with Crippen LogP contribution < -0.4 is 0 Å². The number of carbonyl (C=O) groups excluding carboxylic acids is 1. The molecule has 0 aromatic carbocycles. The lowest BCUT2D eigenvalue weighted by molar-refractivity contribution is -0.112. The predicted molar refractivity (Wildman–Crippen MR) is 99.9 cm³/mol. The van der Waals surface area contributed by atoms with Gasteiger partial charge in [-0.05, 0) is 50.5 Å². The largest absolute Gasteiger partial charge is 0.295 e. The van der Waals surface area contributed by atoms with E-state index in [-0.39, 0.29) is 36.5 Å². The molecule has 2 aliphatic rings. The molecule has 0 amide bonds. The molecular weight excluding hydrogens is 255 g/mol. The molecular formula is C19H38BO. The summed E-state index contributed by atoms with van der Waals surface area (Å²) in [5.41, 5.74) is 1.56. The molecule has 0 heterocycles. The van der Waals surface area contributed by atoms with Crippen LogP contribution in [0.4, 0.5) is 0 Å². The Kier molecular flexibility index (Phi) is 21.1. The van der Waals surface area contributed by atoms with E-state index in [1.807, 2.05) is 19.9 Å². The second-order valence-electron chi connectivity index (χ2n) is 5.01. The van der Waals surface area contributed by atoms with Crippen molar-refractivity contribution < 1.29 is 4.79 Å². The van der Waals surface area contributed by atoms with Crippen molar-refractivity contribution in [2.75, 3.05) is 0 Å². The van der Waals surface area contributed by atoms with Gasteiger partial charge in [-0.2, -0.15) is 0 Å². The van der Waals surface area contributed by atoms with Crippen molar-refractivity contribution in [2.45, 2.75) is 81.6 Å². The Bertz CT molecular complexity index is 289. The van der Waals surface area contributed by atoms with Crippen molar-refractivity contribution in [3.63, 3.8) is 0 Å². The third-order valence-corrected chi connectivity index (χ3v) is 3.78. The lowest BCUT2D eigenvalue weighted by Gasteiger charge is -2.23. The molecule has 2 rings (SSSR count). The van der Waals surface area contributed by atoms with Crippen LogP contribution in [-0.2, 0) is 4.79 Å². The van der Waals surface area contributed by atoms with Crippen molar-refractivity contribution >= 4 is 14.2 Å². The Morgan fingerprint density at radius 1 is 1.00 bits per heavy atom. The summed E-state index contributed by atoms with van der Waals surface area (Å²) in [4.78, 5) is 10.8. The lowest BCUT2D eigenvalue weighted by Crippen LogP contribution is -2.12. The fourth-order valence-corrected chi connectivity index (χ4v) is 3.03. The molecule has 2 unspecified atom stereocenters. The molecule has 1 nitrogen and oxygen atoms in total. The molecule has 0 saturated heterocycles. The minimum atomic E-state index is 0. The van der Waals surface area contributed by atoms with Gasteiger partial charge in [-0.1, -0.05) is 66.7 Å². The van der Waals surface area contributed by atoms with Crippen LogP contribution in [0, 0.1) is 11.8 Å². The number of carbonyl (C=O) groups is 1. The number of fused-ring (bicyclic) bond motifs is 1. The molecule has 0 bridgehead atoms. The monoisotopic (exact) mass is 293 g/mol. The Morgan fingerprint density at radius 3 is 1.81 bits per heavy atom. The number of allylic oxidation sites excluding steroid dienone is 4. The third-order valence-electron chi connectivity index (χ3n) is 3.78. The van der Waals surface area contributed by atoms with Crippen molar-refractivity contribution in [1.82, 2.24) is 0 Å². The summed E-state index contributed by atoms with van der Waals surface area (Å²) < 4.78 is 0. The summed E-state index contributed by atoms with van der Waals surface area (Å²) in [6, 6.07) is 0. The van der Waals surface area contributed by atoms with Crippen LogP contribution in [0.3, 0.4) is 0 Å². The van der Waals surface area contributed by atoms with E-state index in [2.05, 4.69) is 6.08 Å². The molecule has 3 radical (unpaired) electrons. The van der Waals surface area contributed by atoms with Crippen LogP contribution in [0.15, 0.2) is 23.8 Å².